The molecule has 0 spiro atoms. The smallest absolute Gasteiger partial charge is 0.160 e. The van der Waals surface area contributed by atoms with Gasteiger partial charge in [0.1, 0.15) is 0 Å². The topological polar surface area (TPSA) is 21.3 Å². The lowest BCUT2D eigenvalue weighted by Crippen LogP contribution is -2.19. The average Bonchev–Trinajstić information content (AvgIpc) is 2.69. The quantitative estimate of drug-likeness (QED) is 0.840. The number of halogens is 3. The molecule has 0 aromatic heterocycles. The first kappa shape index (κ1) is 12.9. The summed E-state index contributed by atoms with van der Waals surface area (Å²) in [5, 5.41) is 3.21. The van der Waals surface area contributed by atoms with Gasteiger partial charge in [-0.05, 0) is 31.9 Å². The summed E-state index contributed by atoms with van der Waals surface area (Å²) in [6.45, 7) is 2.74. The van der Waals surface area contributed by atoms with Gasteiger partial charge in [0.15, 0.2) is 5.82 Å². The molecule has 0 aliphatic carbocycles. The normalized spacial score (nSPS) is 24.0. The lowest BCUT2D eigenvalue weighted by Gasteiger charge is -2.13. The van der Waals surface area contributed by atoms with Crippen molar-refractivity contribution in [3.63, 3.8) is 0 Å². The van der Waals surface area contributed by atoms with Gasteiger partial charge in [0.05, 0.1) is 22.3 Å². The summed E-state index contributed by atoms with van der Waals surface area (Å²) in [4.78, 5) is 0. The minimum Gasteiger partial charge on any atom is -0.382 e. The average molecular weight is 278 g/mol. The van der Waals surface area contributed by atoms with Gasteiger partial charge in [-0.2, -0.15) is 0 Å². The van der Waals surface area contributed by atoms with Crippen LogP contribution in [0, 0.1) is 5.82 Å². The molecule has 1 heterocycles. The van der Waals surface area contributed by atoms with E-state index in [4.69, 9.17) is 27.9 Å². The zero-order chi connectivity index (χ0) is 12.4. The zero-order valence-corrected chi connectivity index (χ0v) is 11.0. The van der Waals surface area contributed by atoms with E-state index in [1.54, 1.807) is 0 Å². The second-order valence-electron chi connectivity index (χ2n) is 4.28. The number of hydrogen-bond acceptors (Lipinski definition) is 2. The summed E-state index contributed by atoms with van der Waals surface area (Å²) < 4.78 is 18.9. The lowest BCUT2D eigenvalue weighted by atomic mass is 10.2. The van der Waals surface area contributed by atoms with E-state index in [0.29, 0.717) is 18.3 Å². The largest absolute Gasteiger partial charge is 0.382 e. The molecule has 0 saturated carbocycles. The molecule has 17 heavy (non-hydrogen) atoms. The second kappa shape index (κ2) is 5.42. The van der Waals surface area contributed by atoms with Crippen LogP contribution in [0.1, 0.15) is 19.8 Å². The summed E-state index contributed by atoms with van der Waals surface area (Å²) in [7, 11) is 0. The Hall–Kier alpha value is -0.510. The molecule has 2 atom stereocenters. The Kier molecular flexibility index (Phi) is 4.13. The van der Waals surface area contributed by atoms with E-state index in [1.165, 1.54) is 12.1 Å². The van der Waals surface area contributed by atoms with Gasteiger partial charge in [-0.25, -0.2) is 4.39 Å². The van der Waals surface area contributed by atoms with Crippen molar-refractivity contribution in [3.05, 3.63) is 28.0 Å². The van der Waals surface area contributed by atoms with Crippen LogP contribution in [0.15, 0.2) is 12.1 Å². The Morgan fingerprint density at radius 1 is 1.35 bits per heavy atom. The first-order chi connectivity index (χ1) is 8.06. The van der Waals surface area contributed by atoms with Crippen LogP contribution >= 0.6 is 23.2 Å². The van der Waals surface area contributed by atoms with Crippen LogP contribution in [0.2, 0.25) is 10.0 Å². The van der Waals surface area contributed by atoms with Crippen molar-refractivity contribution in [1.29, 1.82) is 0 Å². The van der Waals surface area contributed by atoms with Gasteiger partial charge in [0.25, 0.3) is 0 Å². The van der Waals surface area contributed by atoms with Crippen LogP contribution < -0.4 is 5.32 Å². The standard InChI is InChI=1S/C12H14Cl2FNO/c1-7-2-3-9(17-7)6-16-8-4-10(13)12(15)11(14)5-8/h4-5,7,9,16H,2-3,6H2,1H3. The van der Waals surface area contributed by atoms with Gasteiger partial charge in [-0.1, -0.05) is 23.2 Å². The van der Waals surface area contributed by atoms with Crippen LogP contribution in [0.25, 0.3) is 0 Å². The van der Waals surface area contributed by atoms with Crippen molar-refractivity contribution in [2.75, 3.05) is 11.9 Å². The van der Waals surface area contributed by atoms with Gasteiger partial charge in [0, 0.05) is 12.2 Å². The van der Waals surface area contributed by atoms with E-state index in [1.807, 2.05) is 0 Å². The van der Waals surface area contributed by atoms with Crippen LogP contribution in [-0.2, 0) is 4.74 Å². The van der Waals surface area contributed by atoms with Crippen molar-refractivity contribution < 1.29 is 9.13 Å². The van der Waals surface area contributed by atoms with Crippen LogP contribution in [0.4, 0.5) is 10.1 Å². The maximum atomic E-state index is 13.2. The monoisotopic (exact) mass is 277 g/mol. The molecule has 1 aromatic rings. The molecule has 94 valence electrons. The Balaban J connectivity index is 1.95. The number of nitrogens with one attached hydrogen (secondary N) is 1. The Labute approximate surface area is 110 Å². The molecule has 1 N–H and O–H groups in total. The first-order valence-corrected chi connectivity index (χ1v) is 6.35. The third-order valence-electron chi connectivity index (χ3n) is 2.84. The van der Waals surface area contributed by atoms with Gasteiger partial charge in [0.2, 0.25) is 0 Å². The fourth-order valence-electron chi connectivity index (χ4n) is 1.92. The van der Waals surface area contributed by atoms with Crippen LogP contribution in [0.3, 0.4) is 0 Å². The highest BCUT2D eigenvalue weighted by molar-refractivity contribution is 6.35. The third kappa shape index (κ3) is 3.24. The molecule has 1 saturated heterocycles. The summed E-state index contributed by atoms with van der Waals surface area (Å²) in [5.41, 5.74) is 0.713. The van der Waals surface area contributed by atoms with E-state index < -0.39 is 5.82 Å². The highest BCUT2D eigenvalue weighted by Crippen LogP contribution is 2.28. The molecule has 5 heteroatoms. The molecule has 1 aliphatic heterocycles. The lowest BCUT2D eigenvalue weighted by molar-refractivity contribution is 0.0637. The fourth-order valence-corrected chi connectivity index (χ4v) is 2.41. The van der Waals surface area contributed by atoms with Crippen molar-refractivity contribution in [2.24, 2.45) is 0 Å². The van der Waals surface area contributed by atoms with E-state index in [9.17, 15) is 4.39 Å². The van der Waals surface area contributed by atoms with Gasteiger partial charge in [-0.3, -0.25) is 0 Å². The number of rotatable bonds is 3. The Morgan fingerprint density at radius 3 is 2.53 bits per heavy atom. The molecule has 2 nitrogen and oxygen atoms in total. The van der Waals surface area contributed by atoms with Crippen molar-refractivity contribution in [2.45, 2.75) is 32.0 Å². The summed E-state index contributed by atoms with van der Waals surface area (Å²) in [5.74, 6) is -0.579. The SMILES string of the molecule is CC1CCC(CNc2cc(Cl)c(F)c(Cl)c2)O1. The van der Waals surface area contributed by atoms with Crippen molar-refractivity contribution in [3.8, 4) is 0 Å². The first-order valence-electron chi connectivity index (χ1n) is 5.60. The zero-order valence-electron chi connectivity index (χ0n) is 9.47. The van der Waals surface area contributed by atoms with Crippen molar-refractivity contribution in [1.82, 2.24) is 0 Å². The van der Waals surface area contributed by atoms with E-state index >= 15 is 0 Å². The summed E-state index contributed by atoms with van der Waals surface area (Å²) in [6.07, 6.45) is 2.64. The number of anilines is 1. The maximum absolute atomic E-state index is 13.2. The molecule has 1 fully saturated rings. The Bertz CT molecular complexity index is 390. The second-order valence-corrected chi connectivity index (χ2v) is 5.10. The minimum absolute atomic E-state index is 0.0284. The predicted molar refractivity (Wildman–Crippen MR) is 68.5 cm³/mol. The van der Waals surface area contributed by atoms with E-state index in [-0.39, 0.29) is 16.1 Å². The van der Waals surface area contributed by atoms with Crippen LogP contribution in [-0.4, -0.2) is 18.8 Å². The van der Waals surface area contributed by atoms with E-state index in [0.717, 1.165) is 12.8 Å². The van der Waals surface area contributed by atoms with Gasteiger partial charge >= 0.3 is 0 Å². The molecule has 2 rings (SSSR count). The number of benzene rings is 1. The Morgan fingerprint density at radius 2 is 2.00 bits per heavy atom. The third-order valence-corrected chi connectivity index (χ3v) is 3.39. The molecule has 1 aliphatic rings. The molecule has 0 radical (unpaired) electrons. The summed E-state index contributed by atoms with van der Waals surface area (Å²) >= 11 is 11.4. The molecule has 0 bridgehead atoms. The molecule has 0 amide bonds. The molecule has 1 aromatic carbocycles. The predicted octanol–water partition coefficient (Wildman–Crippen LogP) is 4.11. The van der Waals surface area contributed by atoms with Gasteiger partial charge < -0.3 is 10.1 Å². The number of ether oxygens (including phenoxy) is 1. The van der Waals surface area contributed by atoms with E-state index in [2.05, 4.69) is 12.2 Å². The van der Waals surface area contributed by atoms with Gasteiger partial charge in [-0.15, -0.1) is 0 Å². The summed E-state index contributed by atoms with van der Waals surface area (Å²) in [6, 6.07) is 3.06. The minimum atomic E-state index is -0.579. The highest BCUT2D eigenvalue weighted by Gasteiger charge is 2.21. The maximum Gasteiger partial charge on any atom is 0.160 e. The molecular weight excluding hydrogens is 264 g/mol. The molecular formula is C12H14Cl2FNO. The van der Waals surface area contributed by atoms with Crippen LogP contribution in [0.5, 0.6) is 0 Å². The van der Waals surface area contributed by atoms with Crippen molar-refractivity contribution >= 4 is 28.9 Å². The highest BCUT2D eigenvalue weighted by atomic mass is 35.5. The fraction of sp³-hybridized carbons (Fsp3) is 0.500. The number of hydrogen-bond donors (Lipinski definition) is 1. The molecule has 2 unspecified atom stereocenters.